The number of rotatable bonds is 8. The van der Waals surface area contributed by atoms with Gasteiger partial charge in [-0.3, -0.25) is 0 Å². The van der Waals surface area contributed by atoms with Gasteiger partial charge in [0.2, 0.25) is 17.8 Å². The van der Waals surface area contributed by atoms with Gasteiger partial charge in [0.25, 0.3) is 0 Å². The maximum Gasteiger partial charge on any atom is 0.341 e. The van der Waals surface area contributed by atoms with Gasteiger partial charge in [-0.05, 0) is 56.2 Å². The van der Waals surface area contributed by atoms with Gasteiger partial charge < -0.3 is 19.6 Å². The Hall–Kier alpha value is -3.43. The molecule has 2 fully saturated rings. The largest absolute Gasteiger partial charge is 0.482 e. The standard InChI is InChI=1S/C22H29N7O3/c30-19(31)16-32-18-9-7-8-17(14-18)15-23-27-20-24-21(28-10-3-1-4-11-28)26-22(25-20)29-12-5-2-6-13-29/h7-9,14-15H,1-6,10-13,16H2,(H,30,31)(H,24,25,26,27). The number of carboxylic acid groups (broad SMARTS) is 1. The van der Waals surface area contributed by atoms with E-state index in [0.717, 1.165) is 57.4 Å². The van der Waals surface area contributed by atoms with E-state index in [9.17, 15) is 4.79 Å². The highest BCUT2D eigenvalue weighted by Gasteiger charge is 2.20. The van der Waals surface area contributed by atoms with Crippen molar-refractivity contribution in [3.63, 3.8) is 0 Å². The van der Waals surface area contributed by atoms with Crippen molar-refractivity contribution in [3.05, 3.63) is 29.8 Å². The van der Waals surface area contributed by atoms with Gasteiger partial charge in [0.05, 0.1) is 6.21 Å². The minimum absolute atomic E-state index is 0.387. The highest BCUT2D eigenvalue weighted by molar-refractivity contribution is 5.80. The number of aliphatic carboxylic acids is 1. The zero-order valence-electron chi connectivity index (χ0n) is 18.1. The highest BCUT2D eigenvalue weighted by atomic mass is 16.5. The summed E-state index contributed by atoms with van der Waals surface area (Å²) in [4.78, 5) is 29.1. The fraction of sp³-hybridized carbons (Fsp3) is 0.500. The Morgan fingerprint density at radius 3 is 2.22 bits per heavy atom. The van der Waals surface area contributed by atoms with Gasteiger partial charge in [-0.25, -0.2) is 10.2 Å². The van der Waals surface area contributed by atoms with Crippen molar-refractivity contribution in [3.8, 4) is 5.75 Å². The number of nitrogens with zero attached hydrogens (tertiary/aromatic N) is 6. The van der Waals surface area contributed by atoms with Gasteiger partial charge in [0, 0.05) is 26.2 Å². The number of hydrazone groups is 1. The molecular formula is C22H29N7O3. The molecule has 0 aliphatic carbocycles. The summed E-state index contributed by atoms with van der Waals surface area (Å²) in [5, 5.41) is 13.0. The number of carboxylic acids is 1. The van der Waals surface area contributed by atoms with Gasteiger partial charge in [-0.1, -0.05) is 12.1 Å². The summed E-state index contributed by atoms with van der Waals surface area (Å²) < 4.78 is 5.21. The molecule has 0 saturated carbocycles. The van der Waals surface area contributed by atoms with E-state index >= 15 is 0 Å². The Morgan fingerprint density at radius 1 is 1.00 bits per heavy atom. The fourth-order valence-electron chi connectivity index (χ4n) is 3.87. The molecule has 32 heavy (non-hydrogen) atoms. The van der Waals surface area contributed by atoms with Crippen molar-refractivity contribution in [1.82, 2.24) is 15.0 Å². The number of anilines is 3. The van der Waals surface area contributed by atoms with Crippen LogP contribution in [-0.2, 0) is 4.79 Å². The number of nitrogens with one attached hydrogen (secondary N) is 1. The minimum Gasteiger partial charge on any atom is -0.482 e. The van der Waals surface area contributed by atoms with Crippen LogP contribution in [0.25, 0.3) is 0 Å². The highest BCUT2D eigenvalue weighted by Crippen LogP contribution is 2.22. The lowest BCUT2D eigenvalue weighted by molar-refractivity contribution is -0.139. The summed E-state index contributed by atoms with van der Waals surface area (Å²) >= 11 is 0. The normalized spacial score (nSPS) is 16.9. The molecule has 10 heteroatoms. The fourth-order valence-corrected chi connectivity index (χ4v) is 3.87. The van der Waals surface area contributed by atoms with Crippen LogP contribution in [-0.4, -0.2) is 65.0 Å². The summed E-state index contributed by atoms with van der Waals surface area (Å²) in [7, 11) is 0. The topological polar surface area (TPSA) is 116 Å². The molecule has 0 atom stereocenters. The Morgan fingerprint density at radius 2 is 1.62 bits per heavy atom. The lowest BCUT2D eigenvalue weighted by Gasteiger charge is -2.30. The molecule has 2 aromatic rings. The summed E-state index contributed by atoms with van der Waals surface area (Å²) in [5.74, 6) is 1.26. The van der Waals surface area contributed by atoms with Crippen LogP contribution in [0.3, 0.4) is 0 Å². The quantitative estimate of drug-likeness (QED) is 0.473. The molecule has 2 N–H and O–H groups in total. The Kier molecular flexibility index (Phi) is 7.31. The van der Waals surface area contributed by atoms with E-state index < -0.39 is 5.97 Å². The first-order valence-corrected chi connectivity index (χ1v) is 11.2. The molecule has 4 rings (SSSR count). The van der Waals surface area contributed by atoms with Crippen molar-refractivity contribution in [1.29, 1.82) is 0 Å². The SMILES string of the molecule is O=C(O)COc1cccc(C=NNc2nc(N3CCCCC3)nc(N3CCCCC3)n2)c1. The van der Waals surface area contributed by atoms with Crippen LogP contribution in [0.1, 0.15) is 44.1 Å². The third-order valence-corrected chi connectivity index (χ3v) is 5.49. The zero-order chi connectivity index (χ0) is 22.2. The van der Waals surface area contributed by atoms with Crippen molar-refractivity contribution in [2.45, 2.75) is 38.5 Å². The zero-order valence-corrected chi connectivity index (χ0v) is 18.1. The molecule has 170 valence electrons. The minimum atomic E-state index is -1.02. The number of piperidine rings is 2. The van der Waals surface area contributed by atoms with Crippen molar-refractivity contribution in [2.75, 3.05) is 48.0 Å². The van der Waals surface area contributed by atoms with E-state index in [-0.39, 0.29) is 6.61 Å². The Labute approximate surface area is 187 Å². The number of hydrogen-bond donors (Lipinski definition) is 2. The number of carbonyl (C=O) groups is 1. The van der Waals surface area contributed by atoms with Crippen LogP contribution < -0.4 is 20.0 Å². The van der Waals surface area contributed by atoms with Crippen LogP contribution >= 0.6 is 0 Å². The monoisotopic (exact) mass is 439 g/mol. The molecule has 0 unspecified atom stereocenters. The van der Waals surface area contributed by atoms with E-state index in [1.54, 1.807) is 24.4 Å². The third kappa shape index (κ3) is 6.05. The summed E-state index contributed by atoms with van der Waals surface area (Å²) in [6.45, 7) is 3.43. The van der Waals surface area contributed by atoms with Gasteiger partial charge >= 0.3 is 5.97 Å². The van der Waals surface area contributed by atoms with Crippen LogP contribution in [0.15, 0.2) is 29.4 Å². The first-order chi connectivity index (χ1) is 15.7. The van der Waals surface area contributed by atoms with Crippen LogP contribution in [0.2, 0.25) is 0 Å². The van der Waals surface area contributed by atoms with Crippen LogP contribution in [0.4, 0.5) is 17.8 Å². The smallest absolute Gasteiger partial charge is 0.341 e. The number of hydrogen-bond acceptors (Lipinski definition) is 9. The van der Waals surface area contributed by atoms with Crippen LogP contribution in [0, 0.1) is 0 Å². The number of aromatic nitrogens is 3. The average Bonchev–Trinajstić information content (AvgIpc) is 2.84. The van der Waals surface area contributed by atoms with Crippen molar-refractivity contribution < 1.29 is 14.6 Å². The van der Waals surface area contributed by atoms with Crippen molar-refractivity contribution >= 4 is 30.0 Å². The van der Waals surface area contributed by atoms with Gasteiger partial charge in [-0.2, -0.15) is 20.1 Å². The van der Waals surface area contributed by atoms with Crippen molar-refractivity contribution in [2.24, 2.45) is 5.10 Å². The summed E-state index contributed by atoms with van der Waals surface area (Å²) in [6.07, 6.45) is 8.69. The molecular weight excluding hydrogens is 410 g/mol. The molecule has 0 amide bonds. The predicted octanol–water partition coefficient (Wildman–Crippen LogP) is 2.76. The molecule has 1 aromatic carbocycles. The molecule has 0 spiro atoms. The molecule has 0 bridgehead atoms. The first kappa shape index (κ1) is 21.8. The lowest BCUT2D eigenvalue weighted by atomic mass is 10.1. The van der Waals surface area contributed by atoms with E-state index in [0.29, 0.717) is 23.6 Å². The van der Waals surface area contributed by atoms with E-state index in [4.69, 9.17) is 14.8 Å². The Bertz CT molecular complexity index is 905. The average molecular weight is 440 g/mol. The number of benzene rings is 1. The second kappa shape index (κ2) is 10.7. The maximum absolute atomic E-state index is 10.7. The van der Waals surface area contributed by atoms with E-state index in [1.807, 2.05) is 6.07 Å². The lowest BCUT2D eigenvalue weighted by Crippen LogP contribution is -2.34. The van der Waals surface area contributed by atoms with Gasteiger partial charge in [-0.15, -0.1) is 0 Å². The molecule has 3 heterocycles. The molecule has 2 aliphatic rings. The van der Waals surface area contributed by atoms with Crippen LogP contribution in [0.5, 0.6) is 5.75 Å². The predicted molar refractivity (Wildman–Crippen MR) is 123 cm³/mol. The molecule has 2 aliphatic heterocycles. The van der Waals surface area contributed by atoms with E-state index in [2.05, 4.69) is 30.3 Å². The first-order valence-electron chi connectivity index (χ1n) is 11.2. The second-order valence-electron chi connectivity index (χ2n) is 7.98. The Balaban J connectivity index is 1.49. The molecule has 0 radical (unpaired) electrons. The molecule has 1 aromatic heterocycles. The molecule has 10 nitrogen and oxygen atoms in total. The van der Waals surface area contributed by atoms with Gasteiger partial charge in [0.15, 0.2) is 6.61 Å². The third-order valence-electron chi connectivity index (χ3n) is 5.49. The van der Waals surface area contributed by atoms with E-state index in [1.165, 1.54) is 12.8 Å². The maximum atomic E-state index is 10.7. The second-order valence-corrected chi connectivity index (χ2v) is 7.98. The van der Waals surface area contributed by atoms with Gasteiger partial charge in [0.1, 0.15) is 5.75 Å². The summed E-state index contributed by atoms with van der Waals surface area (Å²) in [5.41, 5.74) is 3.71. The number of ether oxygens (including phenoxy) is 1. The molecule has 2 saturated heterocycles. The summed E-state index contributed by atoms with van der Waals surface area (Å²) in [6, 6.07) is 7.06.